The zero-order valence-electron chi connectivity index (χ0n) is 11.0. The number of anilines is 1. The summed E-state index contributed by atoms with van der Waals surface area (Å²) >= 11 is 3.24. The van der Waals surface area contributed by atoms with Gasteiger partial charge in [0.25, 0.3) is 0 Å². The number of hydrogen-bond acceptors (Lipinski definition) is 5. The van der Waals surface area contributed by atoms with E-state index >= 15 is 0 Å². The first kappa shape index (κ1) is 16.7. The number of rotatable bonds is 9. The van der Waals surface area contributed by atoms with E-state index in [-0.39, 0.29) is 5.75 Å². The summed E-state index contributed by atoms with van der Waals surface area (Å²) in [6.45, 7) is 0.524. The lowest BCUT2D eigenvalue weighted by molar-refractivity contribution is 0.582. The van der Waals surface area contributed by atoms with Crippen LogP contribution in [0.2, 0.25) is 0 Å². The third-order valence-electron chi connectivity index (χ3n) is 2.35. The van der Waals surface area contributed by atoms with Gasteiger partial charge in [0.05, 0.1) is 5.75 Å². The van der Waals surface area contributed by atoms with Crippen LogP contribution in [0.5, 0.6) is 0 Å². The van der Waals surface area contributed by atoms with Crippen molar-refractivity contribution in [1.82, 2.24) is 4.72 Å². The highest BCUT2D eigenvalue weighted by atomic mass is 32.2. The molecule has 4 nitrogen and oxygen atoms in total. The van der Waals surface area contributed by atoms with Crippen LogP contribution in [0.1, 0.15) is 6.42 Å². The van der Waals surface area contributed by atoms with Gasteiger partial charge in [-0.15, -0.1) is 11.8 Å². The van der Waals surface area contributed by atoms with E-state index in [2.05, 4.69) is 4.72 Å². The van der Waals surface area contributed by atoms with Gasteiger partial charge in [0, 0.05) is 22.9 Å². The Hall–Kier alpha value is -0.370. The minimum atomic E-state index is -3.15. The van der Waals surface area contributed by atoms with Gasteiger partial charge in [0.2, 0.25) is 10.0 Å². The largest absolute Gasteiger partial charge is 0.399 e. The van der Waals surface area contributed by atoms with Crippen LogP contribution < -0.4 is 10.5 Å². The van der Waals surface area contributed by atoms with E-state index in [1.54, 1.807) is 11.8 Å². The van der Waals surface area contributed by atoms with Gasteiger partial charge in [-0.25, -0.2) is 13.1 Å². The van der Waals surface area contributed by atoms with Crippen LogP contribution in [0.25, 0.3) is 0 Å². The molecule has 1 aromatic carbocycles. The lowest BCUT2D eigenvalue weighted by atomic mass is 10.3. The van der Waals surface area contributed by atoms with Gasteiger partial charge in [-0.2, -0.15) is 11.8 Å². The smallest absolute Gasteiger partial charge is 0.212 e. The lowest BCUT2D eigenvalue weighted by Crippen LogP contribution is -2.28. The second-order valence-corrected chi connectivity index (χ2v) is 8.06. The van der Waals surface area contributed by atoms with Crippen molar-refractivity contribution >= 4 is 39.2 Å². The number of thioether (sulfide) groups is 2. The summed E-state index contributed by atoms with van der Waals surface area (Å²) in [5.74, 6) is 1.66. The zero-order valence-corrected chi connectivity index (χ0v) is 13.4. The van der Waals surface area contributed by atoms with Crippen molar-refractivity contribution < 1.29 is 8.42 Å². The number of nitrogens with two attached hydrogens (primary N) is 1. The molecule has 0 aromatic heterocycles. The molecule has 0 spiro atoms. The molecule has 0 saturated heterocycles. The van der Waals surface area contributed by atoms with Crippen LogP contribution >= 0.6 is 23.5 Å². The first-order valence-electron chi connectivity index (χ1n) is 5.98. The van der Waals surface area contributed by atoms with Crippen LogP contribution in [-0.2, 0) is 10.0 Å². The maximum absolute atomic E-state index is 11.7. The predicted octanol–water partition coefficient (Wildman–Crippen LogP) is 2.03. The van der Waals surface area contributed by atoms with E-state index in [9.17, 15) is 8.42 Å². The fourth-order valence-electron chi connectivity index (χ4n) is 1.35. The first-order valence-corrected chi connectivity index (χ1v) is 10.0. The van der Waals surface area contributed by atoms with Crippen molar-refractivity contribution in [2.24, 2.45) is 0 Å². The van der Waals surface area contributed by atoms with E-state index < -0.39 is 10.0 Å². The SMILES string of the molecule is CSCCCNS(=O)(=O)CCSc1ccc(N)cc1. The average Bonchev–Trinajstić information content (AvgIpc) is 2.37. The Morgan fingerprint density at radius 2 is 1.89 bits per heavy atom. The molecule has 7 heteroatoms. The molecule has 19 heavy (non-hydrogen) atoms. The normalized spacial score (nSPS) is 11.6. The molecule has 0 atom stereocenters. The summed E-state index contributed by atoms with van der Waals surface area (Å²) in [5, 5.41) is 0. The molecule has 0 fully saturated rings. The zero-order chi connectivity index (χ0) is 14.1. The lowest BCUT2D eigenvalue weighted by Gasteiger charge is -2.06. The molecule has 0 bridgehead atoms. The summed E-state index contributed by atoms with van der Waals surface area (Å²) < 4.78 is 26.0. The van der Waals surface area contributed by atoms with Crippen LogP contribution in [0.4, 0.5) is 5.69 Å². The summed E-state index contributed by atoms with van der Waals surface area (Å²) in [5.41, 5.74) is 6.30. The van der Waals surface area contributed by atoms with Crippen molar-refractivity contribution in [2.75, 3.05) is 35.8 Å². The quantitative estimate of drug-likeness (QED) is 0.414. The topological polar surface area (TPSA) is 72.2 Å². The van der Waals surface area contributed by atoms with Crippen molar-refractivity contribution in [1.29, 1.82) is 0 Å². The number of sulfonamides is 1. The number of benzene rings is 1. The van der Waals surface area contributed by atoms with Gasteiger partial charge in [-0.3, -0.25) is 0 Å². The third kappa shape index (κ3) is 7.71. The van der Waals surface area contributed by atoms with Gasteiger partial charge in [-0.05, 0) is 42.7 Å². The van der Waals surface area contributed by atoms with Crippen molar-refractivity contribution in [3.05, 3.63) is 24.3 Å². The molecule has 1 aromatic rings. The van der Waals surface area contributed by atoms with E-state index in [4.69, 9.17) is 5.73 Å². The molecule has 0 aliphatic carbocycles. The Kier molecular flexibility index (Phi) is 7.67. The van der Waals surface area contributed by atoms with E-state index in [1.165, 1.54) is 11.8 Å². The second kappa shape index (κ2) is 8.73. The molecular formula is C12H20N2O2S3. The number of nitrogens with one attached hydrogen (secondary N) is 1. The molecule has 3 N–H and O–H groups in total. The fourth-order valence-corrected chi connectivity index (χ4v) is 4.16. The van der Waals surface area contributed by atoms with Crippen molar-refractivity contribution in [3.8, 4) is 0 Å². The van der Waals surface area contributed by atoms with Crippen molar-refractivity contribution in [3.63, 3.8) is 0 Å². The molecule has 1 rings (SSSR count). The summed E-state index contributed by atoms with van der Waals surface area (Å²) in [7, 11) is -3.15. The number of hydrogen-bond donors (Lipinski definition) is 2. The molecule has 0 saturated carbocycles. The molecular weight excluding hydrogens is 300 g/mol. The van der Waals surface area contributed by atoms with Crippen molar-refractivity contribution in [2.45, 2.75) is 11.3 Å². The van der Waals surface area contributed by atoms with E-state index in [0.29, 0.717) is 18.0 Å². The monoisotopic (exact) mass is 320 g/mol. The minimum Gasteiger partial charge on any atom is -0.399 e. The van der Waals surface area contributed by atoms with Gasteiger partial charge in [0.15, 0.2) is 0 Å². The van der Waals surface area contributed by atoms with Gasteiger partial charge < -0.3 is 5.73 Å². The standard InChI is InChI=1S/C12H20N2O2S3/c1-17-8-2-7-14-19(15,16)10-9-18-12-5-3-11(13)4-6-12/h3-6,14H,2,7-10,13H2,1H3. The summed E-state index contributed by atoms with van der Waals surface area (Å²) in [6.07, 6.45) is 2.88. The molecule has 108 valence electrons. The van der Waals surface area contributed by atoms with Gasteiger partial charge >= 0.3 is 0 Å². The second-order valence-electron chi connectivity index (χ2n) is 3.98. The van der Waals surface area contributed by atoms with Crippen LogP contribution in [-0.4, -0.2) is 38.5 Å². The highest BCUT2D eigenvalue weighted by Gasteiger charge is 2.09. The maximum atomic E-state index is 11.7. The van der Waals surface area contributed by atoms with E-state index in [0.717, 1.165) is 17.1 Å². The average molecular weight is 321 g/mol. The predicted molar refractivity (Wildman–Crippen MR) is 86.4 cm³/mol. The number of nitrogen functional groups attached to an aromatic ring is 1. The molecule has 0 radical (unpaired) electrons. The first-order chi connectivity index (χ1) is 9.03. The van der Waals surface area contributed by atoms with Crippen LogP contribution in [0.15, 0.2) is 29.2 Å². The Balaban J connectivity index is 2.25. The van der Waals surface area contributed by atoms with Gasteiger partial charge in [-0.1, -0.05) is 0 Å². The molecule has 0 aliphatic heterocycles. The highest BCUT2D eigenvalue weighted by molar-refractivity contribution is 8.00. The van der Waals surface area contributed by atoms with Crippen LogP contribution in [0.3, 0.4) is 0 Å². The summed E-state index contributed by atoms with van der Waals surface area (Å²) in [4.78, 5) is 1.03. The van der Waals surface area contributed by atoms with E-state index in [1.807, 2.05) is 30.5 Å². The molecule has 0 unspecified atom stereocenters. The molecule has 0 aliphatic rings. The Labute approximate surface area is 124 Å². The summed E-state index contributed by atoms with van der Waals surface area (Å²) in [6, 6.07) is 7.44. The van der Waals surface area contributed by atoms with Gasteiger partial charge in [0.1, 0.15) is 0 Å². The highest BCUT2D eigenvalue weighted by Crippen LogP contribution is 2.19. The minimum absolute atomic E-state index is 0.140. The Morgan fingerprint density at radius 1 is 1.21 bits per heavy atom. The molecule has 0 amide bonds. The fraction of sp³-hybridized carbons (Fsp3) is 0.500. The Bertz CT molecular complexity index is 460. The third-order valence-corrected chi connectivity index (χ3v) is 5.70. The molecule has 0 heterocycles. The maximum Gasteiger partial charge on any atom is 0.212 e. The van der Waals surface area contributed by atoms with Crippen LogP contribution in [0, 0.1) is 0 Å². The Morgan fingerprint density at radius 3 is 2.53 bits per heavy atom.